The predicted molar refractivity (Wildman–Crippen MR) is 94.8 cm³/mol. The zero-order valence-electron chi connectivity index (χ0n) is 13.3. The molecule has 1 atom stereocenters. The van der Waals surface area contributed by atoms with Crippen LogP contribution in [0, 0.1) is 0 Å². The molecule has 5 nitrogen and oxygen atoms in total. The molecule has 0 aromatic heterocycles. The van der Waals surface area contributed by atoms with Crippen LogP contribution in [-0.2, 0) is 4.79 Å². The molecule has 128 valence electrons. The molecule has 3 rings (SSSR count). The number of imide groups is 1. The van der Waals surface area contributed by atoms with Crippen LogP contribution in [0.5, 0.6) is 0 Å². The Bertz CT molecular complexity index is 847. The van der Waals surface area contributed by atoms with Crippen LogP contribution >= 0.6 is 23.2 Å². The first-order chi connectivity index (χ1) is 11.9. The van der Waals surface area contributed by atoms with Crippen molar-refractivity contribution in [1.82, 2.24) is 10.2 Å². The Morgan fingerprint density at radius 1 is 1.08 bits per heavy atom. The molecule has 1 aliphatic rings. The van der Waals surface area contributed by atoms with E-state index >= 15 is 0 Å². The molecule has 25 heavy (non-hydrogen) atoms. The number of amides is 3. The fourth-order valence-electron chi connectivity index (χ4n) is 2.74. The van der Waals surface area contributed by atoms with Gasteiger partial charge in [0.05, 0.1) is 17.2 Å². The van der Waals surface area contributed by atoms with Crippen LogP contribution in [-0.4, -0.2) is 29.2 Å². The maximum atomic E-state index is 12.3. The van der Waals surface area contributed by atoms with E-state index in [2.05, 4.69) is 5.32 Å². The van der Waals surface area contributed by atoms with Crippen molar-refractivity contribution in [3.05, 3.63) is 69.2 Å². The molecule has 1 aliphatic heterocycles. The molecule has 0 fully saturated rings. The van der Waals surface area contributed by atoms with E-state index in [1.54, 1.807) is 49.4 Å². The van der Waals surface area contributed by atoms with Crippen LogP contribution in [0.15, 0.2) is 42.5 Å². The molecule has 0 radical (unpaired) electrons. The van der Waals surface area contributed by atoms with Crippen LogP contribution < -0.4 is 5.32 Å². The van der Waals surface area contributed by atoms with E-state index < -0.39 is 23.8 Å². The van der Waals surface area contributed by atoms with Crippen LogP contribution in [0.3, 0.4) is 0 Å². The molecule has 1 N–H and O–H groups in total. The Labute approximate surface area is 154 Å². The van der Waals surface area contributed by atoms with Gasteiger partial charge in [-0.25, -0.2) is 0 Å². The number of nitrogens with zero attached hydrogens (tertiary/aromatic N) is 1. The summed E-state index contributed by atoms with van der Waals surface area (Å²) in [5, 5.41) is 3.67. The van der Waals surface area contributed by atoms with Crippen molar-refractivity contribution < 1.29 is 14.4 Å². The van der Waals surface area contributed by atoms with Crippen molar-refractivity contribution in [3.8, 4) is 0 Å². The number of fused-ring (bicyclic) bond motifs is 1. The fourth-order valence-corrected chi connectivity index (χ4v) is 3.32. The quantitative estimate of drug-likeness (QED) is 0.830. The van der Waals surface area contributed by atoms with Gasteiger partial charge in [0.25, 0.3) is 11.8 Å². The van der Waals surface area contributed by atoms with Gasteiger partial charge in [0.1, 0.15) is 6.54 Å². The van der Waals surface area contributed by atoms with Crippen LogP contribution in [0.1, 0.15) is 39.2 Å². The summed E-state index contributed by atoms with van der Waals surface area (Å²) in [4.78, 5) is 37.8. The standard InChI is InChI=1S/C18H14Cl2N2O3/c1-10(12-7-6-11(19)8-15(12)20)21-16(23)9-22-17(24)13-4-2-3-5-14(13)18(22)25/h2-8,10H,9H2,1H3,(H,21,23). The highest BCUT2D eigenvalue weighted by molar-refractivity contribution is 6.35. The predicted octanol–water partition coefficient (Wildman–Crippen LogP) is 3.47. The first-order valence-corrected chi connectivity index (χ1v) is 8.33. The lowest BCUT2D eigenvalue weighted by atomic mass is 10.1. The van der Waals surface area contributed by atoms with E-state index in [0.717, 1.165) is 4.90 Å². The third kappa shape index (κ3) is 3.38. The second-order valence-corrected chi connectivity index (χ2v) is 6.54. The average Bonchev–Trinajstić information content (AvgIpc) is 2.80. The van der Waals surface area contributed by atoms with E-state index in [-0.39, 0.29) is 6.54 Å². The van der Waals surface area contributed by atoms with Gasteiger partial charge in [-0.05, 0) is 36.8 Å². The van der Waals surface area contributed by atoms with Crippen molar-refractivity contribution >= 4 is 40.9 Å². The zero-order chi connectivity index (χ0) is 18.1. The SMILES string of the molecule is CC(NC(=O)CN1C(=O)c2ccccc2C1=O)c1ccc(Cl)cc1Cl. The Balaban J connectivity index is 1.69. The first kappa shape index (κ1) is 17.5. The third-order valence-electron chi connectivity index (χ3n) is 3.99. The Morgan fingerprint density at radius 3 is 2.24 bits per heavy atom. The monoisotopic (exact) mass is 376 g/mol. The number of carbonyl (C=O) groups is 3. The maximum Gasteiger partial charge on any atom is 0.262 e. The molecule has 2 aromatic rings. The van der Waals surface area contributed by atoms with Gasteiger partial charge < -0.3 is 5.32 Å². The summed E-state index contributed by atoms with van der Waals surface area (Å²) in [6.45, 7) is 1.41. The van der Waals surface area contributed by atoms with Crippen molar-refractivity contribution in [2.24, 2.45) is 0 Å². The minimum absolute atomic E-state index is 0.314. The van der Waals surface area contributed by atoms with Crippen LogP contribution in [0.25, 0.3) is 0 Å². The number of hydrogen-bond donors (Lipinski definition) is 1. The second-order valence-electron chi connectivity index (χ2n) is 5.70. The number of halogens is 2. The van der Waals surface area contributed by atoms with Gasteiger partial charge in [0.2, 0.25) is 5.91 Å². The second kappa shape index (κ2) is 6.86. The van der Waals surface area contributed by atoms with Gasteiger partial charge in [-0.15, -0.1) is 0 Å². The van der Waals surface area contributed by atoms with E-state index in [9.17, 15) is 14.4 Å². The highest BCUT2D eigenvalue weighted by Crippen LogP contribution is 2.26. The van der Waals surface area contributed by atoms with Gasteiger partial charge in [-0.2, -0.15) is 0 Å². The highest BCUT2D eigenvalue weighted by atomic mass is 35.5. The van der Waals surface area contributed by atoms with Crippen molar-refractivity contribution in [2.75, 3.05) is 6.54 Å². The summed E-state index contributed by atoms with van der Waals surface area (Å²) >= 11 is 12.0. The molecule has 0 spiro atoms. The number of hydrogen-bond acceptors (Lipinski definition) is 3. The fraction of sp³-hybridized carbons (Fsp3) is 0.167. The summed E-state index contributed by atoms with van der Waals surface area (Å²) in [5.74, 6) is -1.38. The van der Waals surface area contributed by atoms with Gasteiger partial charge in [-0.1, -0.05) is 41.4 Å². The molecule has 0 saturated carbocycles. The van der Waals surface area contributed by atoms with E-state index in [1.165, 1.54) is 0 Å². The van der Waals surface area contributed by atoms with Gasteiger partial charge >= 0.3 is 0 Å². The third-order valence-corrected chi connectivity index (χ3v) is 4.55. The molecular formula is C18H14Cl2N2O3. The molecule has 3 amide bonds. The van der Waals surface area contributed by atoms with Crippen LogP contribution in [0.2, 0.25) is 10.0 Å². The lowest BCUT2D eigenvalue weighted by molar-refractivity contribution is -0.122. The summed E-state index contributed by atoms with van der Waals surface area (Å²) in [7, 11) is 0. The van der Waals surface area contributed by atoms with Crippen molar-refractivity contribution in [1.29, 1.82) is 0 Å². The van der Waals surface area contributed by atoms with Crippen molar-refractivity contribution in [2.45, 2.75) is 13.0 Å². The number of carbonyl (C=O) groups excluding carboxylic acids is 3. The number of nitrogens with one attached hydrogen (secondary N) is 1. The lowest BCUT2D eigenvalue weighted by Gasteiger charge is -2.18. The summed E-state index contributed by atoms with van der Waals surface area (Å²) in [5.41, 5.74) is 1.32. The minimum atomic E-state index is -0.465. The molecule has 0 aliphatic carbocycles. The number of benzene rings is 2. The van der Waals surface area contributed by atoms with Crippen molar-refractivity contribution in [3.63, 3.8) is 0 Å². The minimum Gasteiger partial charge on any atom is -0.348 e. The van der Waals surface area contributed by atoms with Gasteiger partial charge in [0.15, 0.2) is 0 Å². The highest BCUT2D eigenvalue weighted by Gasteiger charge is 2.36. The van der Waals surface area contributed by atoms with Gasteiger partial charge in [-0.3, -0.25) is 19.3 Å². The average molecular weight is 377 g/mol. The molecule has 7 heteroatoms. The summed E-state index contributed by atoms with van der Waals surface area (Å²) in [6.07, 6.45) is 0. The largest absolute Gasteiger partial charge is 0.348 e. The van der Waals surface area contributed by atoms with E-state index in [4.69, 9.17) is 23.2 Å². The topological polar surface area (TPSA) is 66.5 Å². The molecule has 1 heterocycles. The molecule has 2 aromatic carbocycles. The molecule has 1 unspecified atom stereocenters. The summed E-state index contributed by atoms with van der Waals surface area (Å²) < 4.78 is 0. The maximum absolute atomic E-state index is 12.3. The lowest BCUT2D eigenvalue weighted by Crippen LogP contribution is -2.41. The zero-order valence-corrected chi connectivity index (χ0v) is 14.8. The first-order valence-electron chi connectivity index (χ1n) is 7.58. The van der Waals surface area contributed by atoms with Gasteiger partial charge in [0, 0.05) is 10.0 Å². The molecular weight excluding hydrogens is 363 g/mol. The smallest absolute Gasteiger partial charge is 0.262 e. The molecule has 0 bridgehead atoms. The normalized spacial score (nSPS) is 14.4. The van der Waals surface area contributed by atoms with Crippen LogP contribution in [0.4, 0.5) is 0 Å². The Kier molecular flexibility index (Phi) is 4.79. The van der Waals surface area contributed by atoms with E-state index in [0.29, 0.717) is 26.7 Å². The van der Waals surface area contributed by atoms with E-state index in [1.807, 2.05) is 0 Å². The molecule has 0 saturated heterocycles. The Morgan fingerprint density at radius 2 is 1.68 bits per heavy atom. The number of rotatable bonds is 4. The summed E-state index contributed by atoms with van der Waals surface area (Å²) in [6, 6.07) is 11.1. The Hall–Kier alpha value is -2.37.